The third kappa shape index (κ3) is 4.66. The Balaban J connectivity index is 3.93. The summed E-state index contributed by atoms with van der Waals surface area (Å²) in [5.74, 6) is 0. The molecule has 0 radical (unpaired) electrons. The van der Waals surface area contributed by atoms with Crippen LogP contribution in [-0.2, 0) is 14.8 Å². The van der Waals surface area contributed by atoms with Crippen molar-refractivity contribution in [3.05, 3.63) is 0 Å². The van der Waals surface area contributed by atoms with Gasteiger partial charge in [-0.2, -0.15) is 0 Å². The lowest BCUT2D eigenvalue weighted by molar-refractivity contribution is 0.0555. The number of aliphatic hydroxyl groups excluding tert-OH is 1. The first kappa shape index (κ1) is 11.8. The third-order valence-electron chi connectivity index (χ3n) is 1.39. The predicted octanol–water partition coefficient (Wildman–Crippen LogP) is -1.11. The summed E-state index contributed by atoms with van der Waals surface area (Å²) in [6.07, 6.45) is 0.321. The van der Waals surface area contributed by atoms with Gasteiger partial charge in [0.1, 0.15) is 0 Å². The Hall–Kier alpha value is -0.170. The highest BCUT2D eigenvalue weighted by Crippen LogP contribution is 1.95. The van der Waals surface area contributed by atoms with Crippen LogP contribution in [0.2, 0.25) is 0 Å². The van der Waals surface area contributed by atoms with Gasteiger partial charge in [0.25, 0.3) is 0 Å². The van der Waals surface area contributed by atoms with Crippen LogP contribution in [0, 0.1) is 0 Å². The Morgan fingerprint density at radius 2 is 2.08 bits per heavy atom. The Morgan fingerprint density at radius 1 is 1.58 bits per heavy atom. The van der Waals surface area contributed by atoms with Gasteiger partial charge in [0.2, 0.25) is 10.0 Å². The molecule has 0 amide bonds. The molecule has 0 heterocycles. The second-order valence-corrected chi connectivity index (χ2v) is 4.74. The van der Waals surface area contributed by atoms with Crippen LogP contribution in [0.3, 0.4) is 0 Å². The molecule has 0 aromatic rings. The van der Waals surface area contributed by atoms with Crippen LogP contribution >= 0.6 is 0 Å². The van der Waals surface area contributed by atoms with Crippen molar-refractivity contribution >= 4 is 10.0 Å². The second kappa shape index (κ2) is 4.76. The van der Waals surface area contributed by atoms with Gasteiger partial charge < -0.3 is 9.84 Å². The van der Waals surface area contributed by atoms with Gasteiger partial charge in [0, 0.05) is 20.7 Å². The van der Waals surface area contributed by atoms with Gasteiger partial charge in [-0.15, -0.1) is 0 Å². The Labute approximate surface area is 73.0 Å². The number of hydrogen-bond donors (Lipinski definition) is 1. The molecular formula is C6H15NO4S. The van der Waals surface area contributed by atoms with E-state index >= 15 is 0 Å². The Bertz CT molecular complexity index is 214. The molecule has 6 heteroatoms. The van der Waals surface area contributed by atoms with E-state index in [0.29, 0.717) is 0 Å². The molecule has 0 aromatic carbocycles. The van der Waals surface area contributed by atoms with E-state index in [9.17, 15) is 8.42 Å². The number of likely N-dealkylation sites (N-methyl/N-ethyl adjacent to an activating group) is 1. The zero-order valence-corrected chi connectivity index (χ0v) is 8.34. The SMILES string of the molecule is COCC(O)CN(C)S(C)(=O)=O. The minimum Gasteiger partial charge on any atom is -0.389 e. The zero-order valence-electron chi connectivity index (χ0n) is 7.52. The summed E-state index contributed by atoms with van der Waals surface area (Å²) in [4.78, 5) is 0. The minimum absolute atomic E-state index is 0.0622. The molecule has 0 saturated heterocycles. The molecule has 0 spiro atoms. The lowest BCUT2D eigenvalue weighted by atomic mass is 10.4. The lowest BCUT2D eigenvalue weighted by Gasteiger charge is -2.17. The molecule has 0 rings (SSSR count). The molecule has 0 saturated carbocycles. The van der Waals surface area contributed by atoms with E-state index in [0.717, 1.165) is 10.6 Å². The topological polar surface area (TPSA) is 66.8 Å². The summed E-state index contributed by atoms with van der Waals surface area (Å²) in [7, 11) is -0.339. The van der Waals surface area contributed by atoms with Gasteiger partial charge in [-0.1, -0.05) is 0 Å². The van der Waals surface area contributed by atoms with Crippen molar-refractivity contribution in [2.45, 2.75) is 6.10 Å². The van der Waals surface area contributed by atoms with Crippen molar-refractivity contribution < 1.29 is 18.3 Å². The maximum absolute atomic E-state index is 10.8. The van der Waals surface area contributed by atoms with Crippen LogP contribution in [0.5, 0.6) is 0 Å². The average molecular weight is 197 g/mol. The molecule has 0 bridgehead atoms. The van der Waals surface area contributed by atoms with E-state index in [1.807, 2.05) is 0 Å². The molecule has 1 unspecified atom stereocenters. The lowest BCUT2D eigenvalue weighted by Crippen LogP contribution is -2.35. The van der Waals surface area contributed by atoms with Gasteiger partial charge in [-0.05, 0) is 0 Å². The molecular weight excluding hydrogens is 182 g/mol. The fourth-order valence-corrected chi connectivity index (χ4v) is 1.12. The van der Waals surface area contributed by atoms with Gasteiger partial charge >= 0.3 is 0 Å². The number of hydrogen-bond acceptors (Lipinski definition) is 4. The van der Waals surface area contributed by atoms with E-state index in [-0.39, 0.29) is 13.2 Å². The largest absolute Gasteiger partial charge is 0.389 e. The predicted molar refractivity (Wildman–Crippen MR) is 45.4 cm³/mol. The van der Waals surface area contributed by atoms with E-state index in [1.54, 1.807) is 0 Å². The first-order valence-corrected chi connectivity index (χ1v) is 5.31. The first-order valence-electron chi connectivity index (χ1n) is 3.46. The third-order valence-corrected chi connectivity index (χ3v) is 2.67. The fourth-order valence-electron chi connectivity index (χ4n) is 0.677. The standard InChI is InChI=1S/C6H15NO4S/c1-7(12(3,9)10)4-6(8)5-11-2/h6,8H,4-5H2,1-3H3. The summed E-state index contributed by atoms with van der Waals surface area (Å²) in [6, 6.07) is 0. The summed E-state index contributed by atoms with van der Waals surface area (Å²) < 4.78 is 27.4. The van der Waals surface area contributed by atoms with Crippen molar-refractivity contribution in [2.75, 3.05) is 33.6 Å². The van der Waals surface area contributed by atoms with E-state index < -0.39 is 16.1 Å². The van der Waals surface area contributed by atoms with E-state index in [2.05, 4.69) is 4.74 Å². The number of methoxy groups -OCH3 is 1. The van der Waals surface area contributed by atoms with Crippen LogP contribution in [-0.4, -0.2) is 57.5 Å². The molecule has 74 valence electrons. The van der Waals surface area contributed by atoms with Crippen molar-refractivity contribution in [3.8, 4) is 0 Å². The number of aliphatic hydroxyl groups is 1. The molecule has 1 atom stereocenters. The molecule has 0 aliphatic rings. The van der Waals surface area contributed by atoms with Crippen LogP contribution in [0.1, 0.15) is 0 Å². The number of ether oxygens (including phenoxy) is 1. The molecule has 1 N–H and O–H groups in total. The summed E-state index contributed by atoms with van der Waals surface area (Å²) in [6.45, 7) is 0.201. The number of rotatable bonds is 5. The van der Waals surface area contributed by atoms with Crippen molar-refractivity contribution in [2.24, 2.45) is 0 Å². The van der Waals surface area contributed by atoms with Gasteiger partial charge in [0.15, 0.2) is 0 Å². The van der Waals surface area contributed by atoms with Crippen LogP contribution in [0.25, 0.3) is 0 Å². The maximum atomic E-state index is 10.8. The maximum Gasteiger partial charge on any atom is 0.211 e. The van der Waals surface area contributed by atoms with Crippen molar-refractivity contribution in [3.63, 3.8) is 0 Å². The first-order chi connectivity index (χ1) is 5.38. The molecule has 0 fully saturated rings. The highest BCUT2D eigenvalue weighted by molar-refractivity contribution is 7.88. The number of sulfonamides is 1. The normalized spacial score (nSPS) is 15.1. The van der Waals surface area contributed by atoms with E-state index in [1.165, 1.54) is 14.2 Å². The summed E-state index contributed by atoms with van der Waals surface area (Å²) >= 11 is 0. The Morgan fingerprint density at radius 3 is 2.42 bits per heavy atom. The molecule has 0 aliphatic carbocycles. The highest BCUT2D eigenvalue weighted by Gasteiger charge is 2.15. The molecule has 12 heavy (non-hydrogen) atoms. The fraction of sp³-hybridized carbons (Fsp3) is 1.00. The Kier molecular flexibility index (Phi) is 4.69. The van der Waals surface area contributed by atoms with Gasteiger partial charge in [-0.25, -0.2) is 12.7 Å². The monoisotopic (exact) mass is 197 g/mol. The average Bonchev–Trinajstić information content (AvgIpc) is 1.85. The summed E-state index contributed by atoms with van der Waals surface area (Å²) in [5.41, 5.74) is 0. The molecule has 0 aliphatic heterocycles. The highest BCUT2D eigenvalue weighted by atomic mass is 32.2. The summed E-state index contributed by atoms with van der Waals surface area (Å²) in [5, 5.41) is 9.15. The zero-order chi connectivity index (χ0) is 9.78. The molecule has 0 aromatic heterocycles. The van der Waals surface area contributed by atoms with Gasteiger partial charge in [0.05, 0.1) is 19.0 Å². The van der Waals surface area contributed by atoms with Gasteiger partial charge in [-0.3, -0.25) is 0 Å². The van der Waals surface area contributed by atoms with Crippen LogP contribution in [0.15, 0.2) is 0 Å². The minimum atomic E-state index is -3.20. The number of nitrogens with zero attached hydrogens (tertiary/aromatic N) is 1. The smallest absolute Gasteiger partial charge is 0.211 e. The molecule has 5 nitrogen and oxygen atoms in total. The van der Waals surface area contributed by atoms with Crippen LogP contribution in [0.4, 0.5) is 0 Å². The quantitative estimate of drug-likeness (QED) is 0.606. The van der Waals surface area contributed by atoms with Crippen molar-refractivity contribution in [1.29, 1.82) is 0 Å². The van der Waals surface area contributed by atoms with Crippen LogP contribution < -0.4 is 0 Å². The van der Waals surface area contributed by atoms with Crippen molar-refractivity contribution in [1.82, 2.24) is 4.31 Å². The van der Waals surface area contributed by atoms with E-state index in [4.69, 9.17) is 5.11 Å². The second-order valence-electron chi connectivity index (χ2n) is 2.65.